The van der Waals surface area contributed by atoms with Crippen LogP contribution in [0.4, 0.5) is 10.5 Å². The normalized spacial score (nSPS) is 10.3. The number of ether oxygens (including phenoxy) is 1. The highest BCUT2D eigenvalue weighted by Gasteiger charge is 2.06. The summed E-state index contributed by atoms with van der Waals surface area (Å²) in [5.41, 5.74) is 3.89. The number of para-hydroxylation sites is 1. The fourth-order valence-electron chi connectivity index (χ4n) is 2.27. The van der Waals surface area contributed by atoms with Gasteiger partial charge in [0, 0.05) is 10.7 Å². The van der Waals surface area contributed by atoms with Crippen molar-refractivity contribution in [1.82, 2.24) is 5.32 Å². The number of nitrogens with one attached hydrogen (secondary N) is 2. The zero-order valence-electron chi connectivity index (χ0n) is 13.6. The Balaban J connectivity index is 1.79. The van der Waals surface area contributed by atoms with Gasteiger partial charge in [-0.1, -0.05) is 29.8 Å². The van der Waals surface area contributed by atoms with Gasteiger partial charge in [-0.3, -0.25) is 0 Å². The van der Waals surface area contributed by atoms with Gasteiger partial charge in [-0.05, 0) is 55.7 Å². The van der Waals surface area contributed by atoms with Gasteiger partial charge >= 0.3 is 6.03 Å². The molecule has 0 spiro atoms. The van der Waals surface area contributed by atoms with Crippen LogP contribution in [0, 0.1) is 20.8 Å². The van der Waals surface area contributed by atoms with Crippen LogP contribution in [0.2, 0.25) is 5.02 Å². The Morgan fingerprint density at radius 3 is 2.43 bits per heavy atom. The van der Waals surface area contributed by atoms with E-state index >= 15 is 0 Å². The molecule has 0 bridgehead atoms. The third-order valence-corrected chi connectivity index (χ3v) is 3.74. The Bertz CT molecular complexity index is 681. The van der Waals surface area contributed by atoms with E-state index in [4.69, 9.17) is 16.3 Å². The molecule has 2 N–H and O–H groups in total. The van der Waals surface area contributed by atoms with Crippen molar-refractivity contribution in [3.63, 3.8) is 0 Å². The molecule has 0 heterocycles. The smallest absolute Gasteiger partial charge is 0.319 e. The van der Waals surface area contributed by atoms with E-state index in [1.165, 1.54) is 0 Å². The van der Waals surface area contributed by atoms with E-state index in [0.29, 0.717) is 18.2 Å². The number of carbonyl (C=O) groups is 1. The number of urea groups is 1. The number of benzene rings is 2. The van der Waals surface area contributed by atoms with Crippen molar-refractivity contribution in [2.24, 2.45) is 0 Å². The Labute approximate surface area is 141 Å². The molecule has 0 saturated heterocycles. The highest BCUT2D eigenvalue weighted by Crippen LogP contribution is 2.21. The van der Waals surface area contributed by atoms with Crippen molar-refractivity contribution in [3.8, 4) is 5.75 Å². The molecule has 0 fully saturated rings. The van der Waals surface area contributed by atoms with E-state index < -0.39 is 0 Å². The number of halogens is 1. The fraction of sp³-hybridized carbons (Fsp3) is 0.278. The van der Waals surface area contributed by atoms with Crippen LogP contribution in [-0.2, 0) is 0 Å². The second-order valence-electron chi connectivity index (χ2n) is 5.41. The molecule has 0 aliphatic rings. The fourth-order valence-corrected chi connectivity index (χ4v) is 2.50. The Morgan fingerprint density at radius 2 is 1.78 bits per heavy atom. The minimum atomic E-state index is -0.237. The molecule has 0 aliphatic carbocycles. The minimum absolute atomic E-state index is 0.237. The monoisotopic (exact) mass is 332 g/mol. The lowest BCUT2D eigenvalue weighted by molar-refractivity contribution is 0.247. The summed E-state index contributed by atoms with van der Waals surface area (Å²) >= 11 is 5.90. The van der Waals surface area contributed by atoms with Crippen LogP contribution in [0.25, 0.3) is 0 Å². The summed E-state index contributed by atoms with van der Waals surface area (Å²) in [6.07, 6.45) is 0. The molecule has 122 valence electrons. The third kappa shape index (κ3) is 4.89. The summed E-state index contributed by atoms with van der Waals surface area (Å²) in [5.74, 6) is 0.770. The van der Waals surface area contributed by atoms with Gasteiger partial charge in [0.15, 0.2) is 0 Å². The molecule has 0 radical (unpaired) electrons. The summed E-state index contributed by atoms with van der Waals surface area (Å²) in [5, 5.41) is 6.34. The van der Waals surface area contributed by atoms with E-state index in [1.54, 1.807) is 6.07 Å². The van der Waals surface area contributed by atoms with E-state index in [9.17, 15) is 4.79 Å². The summed E-state index contributed by atoms with van der Waals surface area (Å²) in [7, 11) is 0. The average Bonchev–Trinajstić information content (AvgIpc) is 2.49. The standard InChI is InChI=1S/C18H21ClN2O2/c1-12-5-4-6-13(2)17(12)21-18(22)20-9-10-23-16-8-7-15(19)11-14(16)3/h4-8,11H,9-10H2,1-3H3,(H2,20,21,22). The molecule has 0 saturated carbocycles. The number of carbonyl (C=O) groups excluding carboxylic acids is 1. The predicted octanol–water partition coefficient (Wildman–Crippen LogP) is 4.47. The van der Waals surface area contributed by atoms with Gasteiger partial charge < -0.3 is 15.4 Å². The molecule has 2 aromatic rings. The van der Waals surface area contributed by atoms with Gasteiger partial charge in [-0.25, -0.2) is 4.79 Å². The molecule has 2 aromatic carbocycles. The zero-order chi connectivity index (χ0) is 16.8. The first-order valence-electron chi connectivity index (χ1n) is 7.47. The highest BCUT2D eigenvalue weighted by atomic mass is 35.5. The van der Waals surface area contributed by atoms with Crippen LogP contribution >= 0.6 is 11.6 Å². The Morgan fingerprint density at radius 1 is 1.09 bits per heavy atom. The van der Waals surface area contributed by atoms with Crippen LogP contribution in [0.15, 0.2) is 36.4 Å². The van der Waals surface area contributed by atoms with Gasteiger partial charge in [-0.2, -0.15) is 0 Å². The summed E-state index contributed by atoms with van der Waals surface area (Å²) in [6, 6.07) is 11.1. The van der Waals surface area contributed by atoms with Crippen LogP contribution in [0.5, 0.6) is 5.75 Å². The first-order chi connectivity index (χ1) is 11.0. The SMILES string of the molecule is Cc1cc(Cl)ccc1OCCNC(=O)Nc1c(C)cccc1C. The average molecular weight is 333 g/mol. The molecular formula is C18H21ClN2O2. The molecular weight excluding hydrogens is 312 g/mol. The number of hydrogen-bond donors (Lipinski definition) is 2. The number of amides is 2. The molecule has 2 amide bonds. The molecule has 0 aromatic heterocycles. The lowest BCUT2D eigenvalue weighted by atomic mass is 10.1. The van der Waals surface area contributed by atoms with Gasteiger partial charge in [0.1, 0.15) is 12.4 Å². The number of hydrogen-bond acceptors (Lipinski definition) is 2. The van der Waals surface area contributed by atoms with Crippen molar-refractivity contribution < 1.29 is 9.53 Å². The largest absolute Gasteiger partial charge is 0.491 e. The summed E-state index contributed by atoms with van der Waals surface area (Å²) in [6.45, 7) is 6.67. The Hall–Kier alpha value is -2.20. The zero-order valence-corrected chi connectivity index (χ0v) is 14.3. The van der Waals surface area contributed by atoms with E-state index in [0.717, 1.165) is 28.1 Å². The third-order valence-electron chi connectivity index (χ3n) is 3.50. The van der Waals surface area contributed by atoms with Crippen molar-refractivity contribution >= 4 is 23.3 Å². The van der Waals surface area contributed by atoms with Crippen molar-refractivity contribution in [2.75, 3.05) is 18.5 Å². The second kappa shape index (κ2) is 7.88. The molecule has 0 aliphatic heterocycles. The Kier molecular flexibility index (Phi) is 5.88. The predicted molar refractivity (Wildman–Crippen MR) is 94.6 cm³/mol. The number of rotatable bonds is 5. The first-order valence-corrected chi connectivity index (χ1v) is 7.85. The van der Waals surface area contributed by atoms with Crippen LogP contribution in [-0.4, -0.2) is 19.2 Å². The van der Waals surface area contributed by atoms with Crippen molar-refractivity contribution in [3.05, 3.63) is 58.1 Å². The quantitative estimate of drug-likeness (QED) is 0.794. The van der Waals surface area contributed by atoms with E-state index in [1.807, 2.05) is 51.1 Å². The maximum atomic E-state index is 11.9. The molecule has 2 rings (SSSR count). The molecule has 5 heteroatoms. The highest BCUT2D eigenvalue weighted by molar-refractivity contribution is 6.30. The topological polar surface area (TPSA) is 50.4 Å². The van der Waals surface area contributed by atoms with Crippen LogP contribution < -0.4 is 15.4 Å². The van der Waals surface area contributed by atoms with Crippen LogP contribution in [0.1, 0.15) is 16.7 Å². The lowest BCUT2D eigenvalue weighted by Crippen LogP contribution is -2.32. The molecule has 23 heavy (non-hydrogen) atoms. The maximum absolute atomic E-state index is 11.9. The molecule has 4 nitrogen and oxygen atoms in total. The first kappa shape index (κ1) is 17.2. The van der Waals surface area contributed by atoms with Gasteiger partial charge in [-0.15, -0.1) is 0 Å². The molecule has 0 unspecified atom stereocenters. The van der Waals surface area contributed by atoms with E-state index in [-0.39, 0.29) is 6.03 Å². The number of aryl methyl sites for hydroxylation is 3. The van der Waals surface area contributed by atoms with Gasteiger partial charge in [0.05, 0.1) is 6.54 Å². The lowest BCUT2D eigenvalue weighted by Gasteiger charge is -2.13. The van der Waals surface area contributed by atoms with Crippen LogP contribution in [0.3, 0.4) is 0 Å². The van der Waals surface area contributed by atoms with Gasteiger partial charge in [0.25, 0.3) is 0 Å². The van der Waals surface area contributed by atoms with Crippen molar-refractivity contribution in [2.45, 2.75) is 20.8 Å². The van der Waals surface area contributed by atoms with Crippen molar-refractivity contribution in [1.29, 1.82) is 0 Å². The molecule has 0 atom stereocenters. The van der Waals surface area contributed by atoms with E-state index in [2.05, 4.69) is 10.6 Å². The summed E-state index contributed by atoms with van der Waals surface area (Å²) < 4.78 is 5.64. The van der Waals surface area contributed by atoms with Gasteiger partial charge in [0.2, 0.25) is 0 Å². The maximum Gasteiger partial charge on any atom is 0.319 e. The minimum Gasteiger partial charge on any atom is -0.491 e. The number of anilines is 1. The summed E-state index contributed by atoms with van der Waals surface area (Å²) in [4.78, 5) is 11.9. The second-order valence-corrected chi connectivity index (χ2v) is 5.84.